The van der Waals surface area contributed by atoms with Gasteiger partial charge < -0.3 is 15.2 Å². The fourth-order valence-electron chi connectivity index (χ4n) is 2.16. The maximum Gasteiger partial charge on any atom is 0.232 e. The van der Waals surface area contributed by atoms with E-state index in [-0.39, 0.29) is 5.41 Å². The molecule has 0 spiro atoms. The highest BCUT2D eigenvalue weighted by Gasteiger charge is 2.21. The molecule has 2 aromatic rings. The summed E-state index contributed by atoms with van der Waals surface area (Å²) >= 11 is 0. The van der Waals surface area contributed by atoms with Gasteiger partial charge >= 0.3 is 0 Å². The molecule has 0 aliphatic carbocycles. The number of aromatic nitrogens is 2. The van der Waals surface area contributed by atoms with Crippen molar-refractivity contribution in [3.05, 3.63) is 47.6 Å². The molecule has 6 heteroatoms. The fraction of sp³-hybridized carbons (Fsp3) is 0.500. The number of hydrogen-bond acceptors (Lipinski definition) is 4. The summed E-state index contributed by atoms with van der Waals surface area (Å²) in [7, 11) is 1.75. The van der Waals surface area contributed by atoms with Crippen molar-refractivity contribution >= 4 is 5.96 Å². The molecule has 1 aromatic carbocycles. The van der Waals surface area contributed by atoms with Crippen LogP contribution in [0.3, 0.4) is 0 Å². The molecule has 2 N–H and O–H groups in total. The van der Waals surface area contributed by atoms with Crippen molar-refractivity contribution in [2.75, 3.05) is 13.6 Å². The lowest BCUT2D eigenvalue weighted by molar-refractivity contribution is 0.318. The van der Waals surface area contributed by atoms with E-state index in [4.69, 9.17) is 4.52 Å². The van der Waals surface area contributed by atoms with E-state index in [2.05, 4.69) is 57.0 Å². The first kappa shape index (κ1) is 18.0. The van der Waals surface area contributed by atoms with Crippen molar-refractivity contribution in [2.24, 2.45) is 4.99 Å². The Balaban J connectivity index is 1.83. The molecule has 1 atom stereocenters. The maximum atomic E-state index is 5.29. The molecule has 0 radical (unpaired) electrons. The van der Waals surface area contributed by atoms with E-state index >= 15 is 0 Å². The molecule has 0 amide bonds. The third-order valence-corrected chi connectivity index (χ3v) is 3.69. The van der Waals surface area contributed by atoms with E-state index in [1.807, 2.05) is 26.8 Å². The smallest absolute Gasteiger partial charge is 0.232 e. The summed E-state index contributed by atoms with van der Waals surface area (Å²) in [5, 5.41) is 10.5. The van der Waals surface area contributed by atoms with Crippen LogP contribution in [0, 0.1) is 0 Å². The molecule has 0 saturated heterocycles. The van der Waals surface area contributed by atoms with Crippen LogP contribution in [-0.4, -0.2) is 29.7 Å². The average Bonchev–Trinajstić information content (AvgIpc) is 3.05. The van der Waals surface area contributed by atoms with Crippen LogP contribution in [0.15, 0.2) is 39.8 Å². The summed E-state index contributed by atoms with van der Waals surface area (Å²) in [6.45, 7) is 9.59. The monoisotopic (exact) mass is 329 g/mol. The van der Waals surface area contributed by atoms with Crippen molar-refractivity contribution in [2.45, 2.75) is 45.6 Å². The third-order valence-electron chi connectivity index (χ3n) is 3.69. The van der Waals surface area contributed by atoms with Gasteiger partial charge in [0.05, 0.1) is 6.54 Å². The molecule has 0 fully saturated rings. The van der Waals surface area contributed by atoms with Crippen LogP contribution in [0.1, 0.15) is 50.9 Å². The number of nitrogens with one attached hydrogen (secondary N) is 2. The van der Waals surface area contributed by atoms with Crippen molar-refractivity contribution < 1.29 is 4.52 Å². The van der Waals surface area contributed by atoms with Gasteiger partial charge in [0.2, 0.25) is 5.89 Å². The molecule has 6 nitrogen and oxygen atoms in total. The molecular weight excluding hydrogens is 302 g/mol. The van der Waals surface area contributed by atoms with Crippen LogP contribution in [0.5, 0.6) is 0 Å². The lowest BCUT2D eigenvalue weighted by Gasteiger charge is -2.15. The van der Waals surface area contributed by atoms with E-state index < -0.39 is 0 Å². The second kappa shape index (κ2) is 7.95. The van der Waals surface area contributed by atoms with Crippen molar-refractivity contribution in [3.8, 4) is 0 Å². The average molecular weight is 329 g/mol. The van der Waals surface area contributed by atoms with E-state index in [9.17, 15) is 0 Å². The zero-order chi connectivity index (χ0) is 17.6. The van der Waals surface area contributed by atoms with Crippen LogP contribution in [0.2, 0.25) is 0 Å². The minimum atomic E-state index is -0.143. The molecule has 2 rings (SSSR count). The first-order valence-electron chi connectivity index (χ1n) is 8.22. The Hall–Kier alpha value is -2.37. The van der Waals surface area contributed by atoms with E-state index in [1.54, 1.807) is 7.05 Å². The maximum absolute atomic E-state index is 5.29. The van der Waals surface area contributed by atoms with Gasteiger partial charge in [-0.15, -0.1) is 0 Å². The summed E-state index contributed by atoms with van der Waals surface area (Å²) in [6.07, 6.45) is 0. The van der Waals surface area contributed by atoms with E-state index in [1.165, 1.54) is 5.56 Å². The molecule has 0 aliphatic heterocycles. The fourth-order valence-corrected chi connectivity index (χ4v) is 2.16. The predicted molar refractivity (Wildman–Crippen MR) is 96.1 cm³/mol. The Kier molecular flexibility index (Phi) is 5.95. The largest absolute Gasteiger partial charge is 0.356 e. The second-order valence-corrected chi connectivity index (χ2v) is 6.88. The highest BCUT2D eigenvalue weighted by molar-refractivity contribution is 5.79. The quantitative estimate of drug-likeness (QED) is 0.652. The highest BCUT2D eigenvalue weighted by atomic mass is 16.5. The van der Waals surface area contributed by atoms with Crippen LogP contribution in [-0.2, 0) is 12.0 Å². The molecule has 0 aliphatic rings. The Morgan fingerprint density at radius 2 is 1.92 bits per heavy atom. The molecule has 130 valence electrons. The summed E-state index contributed by atoms with van der Waals surface area (Å²) < 4.78 is 5.29. The van der Waals surface area contributed by atoms with Crippen LogP contribution in [0.4, 0.5) is 0 Å². The summed E-state index contributed by atoms with van der Waals surface area (Å²) in [6, 6.07) is 10.4. The Morgan fingerprint density at radius 3 is 2.50 bits per heavy atom. The second-order valence-electron chi connectivity index (χ2n) is 6.88. The molecule has 24 heavy (non-hydrogen) atoms. The SMILES string of the molecule is CN=C(NCc1noc(C(C)(C)C)n1)NCC(C)c1ccccc1. The van der Waals surface area contributed by atoms with E-state index in [0.717, 1.165) is 12.5 Å². The number of rotatable bonds is 5. The molecule has 1 heterocycles. The van der Waals surface area contributed by atoms with Crippen LogP contribution < -0.4 is 10.6 Å². The zero-order valence-electron chi connectivity index (χ0n) is 15.1. The van der Waals surface area contributed by atoms with Gasteiger partial charge in [0.25, 0.3) is 0 Å². The summed E-state index contributed by atoms with van der Waals surface area (Å²) in [4.78, 5) is 8.64. The standard InChI is InChI=1S/C18H27N5O/c1-13(14-9-7-6-8-10-14)11-20-17(19-5)21-12-15-22-16(24-23-15)18(2,3)4/h6-10,13H,11-12H2,1-5H3,(H2,19,20,21). The molecule has 0 bridgehead atoms. The van der Waals surface area contributed by atoms with Gasteiger partial charge in [0.15, 0.2) is 11.8 Å². The first-order valence-corrected chi connectivity index (χ1v) is 8.22. The molecular formula is C18H27N5O. The highest BCUT2D eigenvalue weighted by Crippen LogP contribution is 2.19. The molecule has 1 aromatic heterocycles. The van der Waals surface area contributed by atoms with Gasteiger partial charge in [-0.1, -0.05) is 63.2 Å². The normalized spacial score (nSPS) is 13.6. The lowest BCUT2D eigenvalue weighted by atomic mass is 9.97. The van der Waals surface area contributed by atoms with Crippen molar-refractivity contribution in [3.63, 3.8) is 0 Å². The number of hydrogen-bond donors (Lipinski definition) is 2. The summed E-state index contributed by atoms with van der Waals surface area (Å²) in [5.74, 6) is 2.38. The minimum Gasteiger partial charge on any atom is -0.356 e. The van der Waals surface area contributed by atoms with Crippen LogP contribution >= 0.6 is 0 Å². The van der Waals surface area contributed by atoms with Crippen molar-refractivity contribution in [1.82, 2.24) is 20.8 Å². The predicted octanol–water partition coefficient (Wildman–Crippen LogP) is 2.84. The Bertz CT molecular complexity index is 658. The minimum absolute atomic E-state index is 0.143. The summed E-state index contributed by atoms with van der Waals surface area (Å²) in [5.41, 5.74) is 1.16. The third kappa shape index (κ3) is 5.08. The number of nitrogens with zero attached hydrogens (tertiary/aromatic N) is 3. The molecule has 1 unspecified atom stereocenters. The first-order chi connectivity index (χ1) is 11.4. The number of guanidine groups is 1. The van der Waals surface area contributed by atoms with E-state index in [0.29, 0.717) is 24.2 Å². The topological polar surface area (TPSA) is 75.3 Å². The zero-order valence-corrected chi connectivity index (χ0v) is 15.1. The molecule has 0 saturated carbocycles. The van der Waals surface area contributed by atoms with Gasteiger partial charge in [0.1, 0.15) is 0 Å². The van der Waals surface area contributed by atoms with Gasteiger partial charge in [-0.25, -0.2) is 0 Å². The van der Waals surface area contributed by atoms with Gasteiger partial charge in [-0.3, -0.25) is 4.99 Å². The van der Waals surface area contributed by atoms with Gasteiger partial charge in [-0.2, -0.15) is 4.98 Å². The Labute approximate surface area is 143 Å². The van der Waals surface area contributed by atoms with Gasteiger partial charge in [0, 0.05) is 19.0 Å². The lowest BCUT2D eigenvalue weighted by Crippen LogP contribution is -2.38. The number of benzene rings is 1. The number of aliphatic imine (C=N–C) groups is 1. The Morgan fingerprint density at radius 1 is 1.21 bits per heavy atom. The van der Waals surface area contributed by atoms with Crippen molar-refractivity contribution in [1.29, 1.82) is 0 Å². The van der Waals surface area contributed by atoms with Crippen LogP contribution in [0.25, 0.3) is 0 Å². The van der Waals surface area contributed by atoms with Gasteiger partial charge in [-0.05, 0) is 11.5 Å².